The van der Waals surface area contributed by atoms with Crippen molar-refractivity contribution in [1.82, 2.24) is 10.3 Å². The molecule has 0 aliphatic heterocycles. The van der Waals surface area contributed by atoms with E-state index >= 15 is 0 Å². The lowest BCUT2D eigenvalue weighted by atomic mass is 10.0. The number of methoxy groups -OCH3 is 1. The summed E-state index contributed by atoms with van der Waals surface area (Å²) in [6.07, 6.45) is 2.23. The molecule has 0 saturated carbocycles. The third kappa shape index (κ3) is 6.11. The standard InChI is InChI=1S/C26H25BrN2O4.ClH/c1-32-24-13-20(27)11-19(25(24)33-16-17-7-3-2-4-8-17)15-29-23(26(30)31)12-18-14-28-22-10-6-5-9-21(18)22;/h2-11,13-14,23,28-29H,12,15-16H2,1H3,(H,30,31);1H. The second-order valence-electron chi connectivity index (χ2n) is 7.71. The summed E-state index contributed by atoms with van der Waals surface area (Å²) in [6, 6.07) is 20.7. The number of hydrogen-bond donors (Lipinski definition) is 3. The Morgan fingerprint density at radius 3 is 2.56 bits per heavy atom. The molecule has 34 heavy (non-hydrogen) atoms. The number of ether oxygens (including phenoxy) is 2. The molecule has 1 heterocycles. The number of aromatic nitrogens is 1. The molecular weight excluding hydrogens is 520 g/mol. The molecule has 0 aliphatic rings. The van der Waals surface area contributed by atoms with Gasteiger partial charge in [-0.2, -0.15) is 0 Å². The summed E-state index contributed by atoms with van der Waals surface area (Å²) in [6.45, 7) is 0.683. The molecule has 8 heteroatoms. The van der Waals surface area contributed by atoms with Gasteiger partial charge in [-0.25, -0.2) is 0 Å². The molecule has 1 atom stereocenters. The predicted octanol–water partition coefficient (Wildman–Crippen LogP) is 5.73. The molecule has 4 aromatic rings. The van der Waals surface area contributed by atoms with Crippen LogP contribution in [0.1, 0.15) is 16.7 Å². The first-order valence-electron chi connectivity index (χ1n) is 10.6. The number of nitrogens with one attached hydrogen (secondary N) is 2. The van der Waals surface area contributed by atoms with Crippen LogP contribution >= 0.6 is 28.3 Å². The first-order valence-corrected chi connectivity index (χ1v) is 11.4. The van der Waals surface area contributed by atoms with E-state index in [1.54, 1.807) is 7.11 Å². The van der Waals surface area contributed by atoms with Gasteiger partial charge in [0.1, 0.15) is 12.6 Å². The van der Waals surface area contributed by atoms with Gasteiger partial charge in [-0.3, -0.25) is 10.1 Å². The monoisotopic (exact) mass is 544 g/mol. The maximum atomic E-state index is 12.0. The maximum Gasteiger partial charge on any atom is 0.321 e. The summed E-state index contributed by atoms with van der Waals surface area (Å²) >= 11 is 3.51. The van der Waals surface area contributed by atoms with Gasteiger partial charge in [0, 0.05) is 40.1 Å². The Morgan fingerprint density at radius 1 is 1.09 bits per heavy atom. The van der Waals surface area contributed by atoms with Crippen LogP contribution in [0.2, 0.25) is 0 Å². The molecule has 0 spiro atoms. The summed E-state index contributed by atoms with van der Waals surface area (Å²) < 4.78 is 12.5. The van der Waals surface area contributed by atoms with Crippen LogP contribution in [0.5, 0.6) is 11.5 Å². The van der Waals surface area contributed by atoms with E-state index in [1.165, 1.54) is 0 Å². The minimum absolute atomic E-state index is 0. The first-order chi connectivity index (χ1) is 16.0. The van der Waals surface area contributed by atoms with Crippen molar-refractivity contribution in [2.75, 3.05) is 7.11 Å². The van der Waals surface area contributed by atoms with E-state index < -0.39 is 12.0 Å². The number of para-hydroxylation sites is 1. The summed E-state index contributed by atoms with van der Waals surface area (Å²) in [7, 11) is 1.59. The van der Waals surface area contributed by atoms with Crippen LogP contribution in [-0.4, -0.2) is 29.2 Å². The highest BCUT2D eigenvalue weighted by Gasteiger charge is 2.21. The molecule has 0 fully saturated rings. The van der Waals surface area contributed by atoms with Gasteiger partial charge in [-0.15, -0.1) is 12.4 Å². The van der Waals surface area contributed by atoms with E-state index in [0.29, 0.717) is 31.1 Å². The fourth-order valence-corrected chi connectivity index (χ4v) is 4.28. The summed E-state index contributed by atoms with van der Waals surface area (Å²) in [5.74, 6) is 0.267. The Labute approximate surface area is 212 Å². The number of carboxylic acid groups (broad SMARTS) is 1. The smallest absolute Gasteiger partial charge is 0.321 e. The lowest BCUT2D eigenvalue weighted by Crippen LogP contribution is -2.38. The van der Waals surface area contributed by atoms with Gasteiger partial charge in [-0.05, 0) is 29.3 Å². The lowest BCUT2D eigenvalue weighted by molar-refractivity contribution is -0.139. The zero-order valence-corrected chi connectivity index (χ0v) is 21.0. The molecule has 0 saturated heterocycles. The van der Waals surface area contributed by atoms with Crippen molar-refractivity contribution >= 4 is 45.2 Å². The molecule has 1 unspecified atom stereocenters. The third-order valence-corrected chi connectivity index (χ3v) is 5.94. The number of benzene rings is 3. The summed E-state index contributed by atoms with van der Waals surface area (Å²) in [5, 5.41) is 14.1. The van der Waals surface area contributed by atoms with Gasteiger partial charge < -0.3 is 19.6 Å². The molecule has 0 bridgehead atoms. The van der Waals surface area contributed by atoms with E-state index in [-0.39, 0.29) is 12.4 Å². The normalized spacial score (nSPS) is 11.6. The van der Waals surface area contributed by atoms with Crippen LogP contribution in [0, 0.1) is 0 Å². The fraction of sp³-hybridized carbons (Fsp3) is 0.192. The molecule has 3 aromatic carbocycles. The minimum Gasteiger partial charge on any atom is -0.493 e. The molecule has 0 aliphatic carbocycles. The quantitative estimate of drug-likeness (QED) is 0.237. The van der Waals surface area contributed by atoms with Crippen molar-refractivity contribution in [2.24, 2.45) is 0 Å². The van der Waals surface area contributed by atoms with Crippen molar-refractivity contribution in [3.05, 3.63) is 94.1 Å². The zero-order chi connectivity index (χ0) is 23.2. The second kappa shape index (κ2) is 11.9. The van der Waals surface area contributed by atoms with Gasteiger partial charge >= 0.3 is 5.97 Å². The molecule has 6 nitrogen and oxygen atoms in total. The van der Waals surface area contributed by atoms with E-state index in [4.69, 9.17) is 9.47 Å². The number of H-pyrrole nitrogens is 1. The molecule has 0 radical (unpaired) electrons. The maximum absolute atomic E-state index is 12.0. The number of halogens is 2. The Hall–Kier alpha value is -3.00. The van der Waals surface area contributed by atoms with Crippen molar-refractivity contribution in [1.29, 1.82) is 0 Å². The number of aliphatic carboxylic acids is 1. The number of carbonyl (C=O) groups is 1. The van der Waals surface area contributed by atoms with E-state index in [2.05, 4.69) is 26.2 Å². The van der Waals surface area contributed by atoms with E-state index in [9.17, 15) is 9.90 Å². The van der Waals surface area contributed by atoms with Crippen LogP contribution in [-0.2, 0) is 24.4 Å². The highest BCUT2D eigenvalue weighted by atomic mass is 79.9. The van der Waals surface area contributed by atoms with Gasteiger partial charge in [0.25, 0.3) is 0 Å². The molecule has 1 aromatic heterocycles. The summed E-state index contributed by atoms with van der Waals surface area (Å²) in [4.78, 5) is 15.2. The Kier molecular flexibility index (Phi) is 8.98. The molecule has 3 N–H and O–H groups in total. The van der Waals surface area contributed by atoms with E-state index in [1.807, 2.05) is 72.9 Å². The SMILES string of the molecule is COc1cc(Br)cc(CNC(Cc2c[nH]c3ccccc23)C(=O)O)c1OCc1ccccc1.Cl. The molecular formula is C26H26BrClN2O4. The zero-order valence-electron chi connectivity index (χ0n) is 18.6. The van der Waals surface area contributed by atoms with Crippen LogP contribution < -0.4 is 14.8 Å². The van der Waals surface area contributed by atoms with Crippen LogP contribution in [0.25, 0.3) is 10.9 Å². The molecule has 4 rings (SSSR count). The van der Waals surface area contributed by atoms with Gasteiger partial charge in [0.15, 0.2) is 11.5 Å². The highest BCUT2D eigenvalue weighted by Crippen LogP contribution is 2.35. The van der Waals surface area contributed by atoms with Crippen molar-refractivity contribution in [2.45, 2.75) is 25.6 Å². The minimum atomic E-state index is -0.908. The van der Waals surface area contributed by atoms with Crippen LogP contribution in [0.15, 0.2) is 77.4 Å². The largest absolute Gasteiger partial charge is 0.493 e. The fourth-order valence-electron chi connectivity index (χ4n) is 3.80. The molecule has 178 valence electrons. The lowest BCUT2D eigenvalue weighted by Gasteiger charge is -2.19. The Morgan fingerprint density at radius 2 is 1.82 bits per heavy atom. The van der Waals surface area contributed by atoms with Crippen LogP contribution in [0.3, 0.4) is 0 Å². The predicted molar refractivity (Wildman–Crippen MR) is 139 cm³/mol. The number of hydrogen-bond acceptors (Lipinski definition) is 4. The van der Waals surface area contributed by atoms with Gasteiger partial charge in [0.05, 0.1) is 7.11 Å². The van der Waals surface area contributed by atoms with Crippen LogP contribution in [0.4, 0.5) is 0 Å². The second-order valence-corrected chi connectivity index (χ2v) is 8.62. The van der Waals surface area contributed by atoms with Gasteiger partial charge in [0.2, 0.25) is 0 Å². The molecule has 0 amide bonds. The topological polar surface area (TPSA) is 83.6 Å². The summed E-state index contributed by atoms with van der Waals surface area (Å²) in [5.41, 5.74) is 3.79. The van der Waals surface area contributed by atoms with E-state index in [0.717, 1.165) is 32.1 Å². The Balaban J connectivity index is 0.00000324. The van der Waals surface area contributed by atoms with Crippen molar-refractivity contribution in [3.63, 3.8) is 0 Å². The number of carboxylic acids is 1. The Bertz CT molecular complexity index is 1250. The average molecular weight is 546 g/mol. The third-order valence-electron chi connectivity index (χ3n) is 5.48. The number of fused-ring (bicyclic) bond motifs is 1. The number of aromatic amines is 1. The van der Waals surface area contributed by atoms with Crippen molar-refractivity contribution in [3.8, 4) is 11.5 Å². The highest BCUT2D eigenvalue weighted by molar-refractivity contribution is 9.10. The average Bonchev–Trinajstić information content (AvgIpc) is 3.24. The van der Waals surface area contributed by atoms with Gasteiger partial charge in [-0.1, -0.05) is 64.5 Å². The van der Waals surface area contributed by atoms with Crippen molar-refractivity contribution < 1.29 is 19.4 Å². The number of rotatable bonds is 10. The first kappa shape index (κ1) is 25.6.